The Bertz CT molecular complexity index is 651. The molecule has 0 radical (unpaired) electrons. The van der Waals surface area contributed by atoms with Crippen LogP contribution in [0.1, 0.15) is 78.2 Å². The van der Waals surface area contributed by atoms with E-state index in [0.29, 0.717) is 10.8 Å². The van der Waals surface area contributed by atoms with E-state index in [1.165, 1.54) is 44.9 Å². The van der Waals surface area contributed by atoms with Gasteiger partial charge in [-0.3, -0.25) is 0 Å². The fourth-order valence-electron chi connectivity index (χ4n) is 6.58. The number of rotatable bonds is 3. The van der Waals surface area contributed by atoms with Crippen LogP contribution in [-0.4, -0.2) is 18.3 Å². The molecule has 2 nitrogen and oxygen atoms in total. The van der Waals surface area contributed by atoms with E-state index < -0.39 is 0 Å². The smallest absolute Gasteiger partial charge is 0.403 e. The molecule has 5 aliphatic rings. The van der Waals surface area contributed by atoms with Gasteiger partial charge in [0.2, 0.25) is 0 Å². The molecule has 6 rings (SSSR count). The van der Waals surface area contributed by atoms with Gasteiger partial charge < -0.3 is 9.31 Å². The zero-order valence-corrected chi connectivity index (χ0v) is 16.2. The Morgan fingerprint density at radius 3 is 1.84 bits per heavy atom. The number of hydrogen-bond acceptors (Lipinski definition) is 2. The van der Waals surface area contributed by atoms with E-state index in [0.717, 1.165) is 0 Å². The van der Waals surface area contributed by atoms with Crippen molar-refractivity contribution >= 4 is 7.12 Å². The van der Waals surface area contributed by atoms with Crippen LogP contribution in [0.5, 0.6) is 0 Å². The van der Waals surface area contributed by atoms with Crippen LogP contribution in [0.4, 0.5) is 0 Å². The van der Waals surface area contributed by atoms with Crippen LogP contribution >= 0.6 is 0 Å². The third-order valence-electron chi connectivity index (χ3n) is 8.62. The van der Waals surface area contributed by atoms with Crippen LogP contribution in [0.2, 0.25) is 5.31 Å². The molecule has 1 heterocycles. The van der Waals surface area contributed by atoms with Crippen LogP contribution < -0.4 is 0 Å². The molecule has 0 unspecified atom stereocenters. The molecule has 5 fully saturated rings. The van der Waals surface area contributed by atoms with Crippen molar-refractivity contribution < 1.29 is 9.31 Å². The highest BCUT2D eigenvalue weighted by molar-refractivity contribution is 6.51. The topological polar surface area (TPSA) is 18.5 Å². The van der Waals surface area contributed by atoms with Crippen molar-refractivity contribution in [2.24, 2.45) is 5.41 Å². The van der Waals surface area contributed by atoms with E-state index in [9.17, 15) is 0 Å². The minimum absolute atomic E-state index is 0.00592. The van der Waals surface area contributed by atoms with Crippen LogP contribution in [0.3, 0.4) is 0 Å². The molecule has 2 bridgehead atoms. The molecule has 0 spiro atoms. The van der Waals surface area contributed by atoms with Gasteiger partial charge in [-0.15, -0.1) is 0 Å². The molecule has 134 valence electrons. The van der Waals surface area contributed by atoms with Gasteiger partial charge in [-0.1, -0.05) is 43.2 Å². The highest BCUT2D eigenvalue weighted by Gasteiger charge is 2.81. The van der Waals surface area contributed by atoms with Gasteiger partial charge in [0.15, 0.2) is 0 Å². The monoisotopic (exact) mass is 338 g/mol. The zero-order chi connectivity index (χ0) is 17.6. The minimum Gasteiger partial charge on any atom is -0.403 e. The van der Waals surface area contributed by atoms with Crippen molar-refractivity contribution in [3.05, 3.63) is 35.9 Å². The van der Waals surface area contributed by atoms with Crippen LogP contribution in [0, 0.1) is 5.41 Å². The number of benzene rings is 1. The maximum atomic E-state index is 6.43. The Balaban J connectivity index is 1.40. The van der Waals surface area contributed by atoms with Gasteiger partial charge >= 0.3 is 7.12 Å². The third kappa shape index (κ3) is 1.89. The predicted molar refractivity (Wildman–Crippen MR) is 102 cm³/mol. The fraction of sp³-hybridized carbons (Fsp3) is 0.727. The predicted octanol–water partition coefficient (Wildman–Crippen LogP) is 5.51. The van der Waals surface area contributed by atoms with Gasteiger partial charge in [0.05, 0.1) is 11.2 Å². The molecular weight excluding hydrogens is 307 g/mol. The van der Waals surface area contributed by atoms with E-state index in [-0.39, 0.29) is 23.6 Å². The van der Waals surface area contributed by atoms with E-state index in [2.05, 4.69) is 58.0 Å². The highest BCUT2D eigenvalue weighted by Crippen LogP contribution is 2.87. The lowest BCUT2D eigenvalue weighted by molar-refractivity contribution is -0.167. The second-order valence-electron chi connectivity index (χ2n) is 10.4. The van der Waals surface area contributed by atoms with Crippen molar-refractivity contribution in [1.29, 1.82) is 0 Å². The third-order valence-corrected chi connectivity index (χ3v) is 8.62. The molecule has 1 saturated heterocycles. The molecule has 1 aromatic carbocycles. The fourth-order valence-corrected chi connectivity index (χ4v) is 6.58. The maximum absolute atomic E-state index is 6.43. The van der Waals surface area contributed by atoms with Gasteiger partial charge in [-0.2, -0.15) is 0 Å². The van der Waals surface area contributed by atoms with Gasteiger partial charge in [-0.25, -0.2) is 0 Å². The normalized spacial score (nSPS) is 39.8. The summed E-state index contributed by atoms with van der Waals surface area (Å²) in [6.45, 7) is 8.71. The number of hydrogen-bond donors (Lipinski definition) is 0. The van der Waals surface area contributed by atoms with Gasteiger partial charge in [-0.05, 0) is 70.8 Å². The molecule has 0 N–H and O–H groups in total. The summed E-state index contributed by atoms with van der Waals surface area (Å²) in [7, 11) is -0.00592. The average molecular weight is 338 g/mol. The van der Waals surface area contributed by atoms with E-state index in [4.69, 9.17) is 9.31 Å². The van der Waals surface area contributed by atoms with Crippen molar-refractivity contribution in [3.63, 3.8) is 0 Å². The average Bonchev–Trinajstić information content (AvgIpc) is 3.02. The SMILES string of the molecule is CC1(C)OB(C23CC(C4(c5ccccc5)CCCC4)(C2)C3)OC1(C)C. The molecule has 0 atom stereocenters. The molecule has 4 aliphatic carbocycles. The van der Waals surface area contributed by atoms with Gasteiger partial charge in [0.25, 0.3) is 0 Å². The Labute approximate surface area is 152 Å². The molecule has 0 amide bonds. The van der Waals surface area contributed by atoms with E-state index in [1.54, 1.807) is 5.56 Å². The lowest BCUT2D eigenvalue weighted by atomic mass is 9.19. The minimum atomic E-state index is -0.204. The van der Waals surface area contributed by atoms with Crippen LogP contribution in [-0.2, 0) is 14.7 Å². The molecular formula is C22H31BO2. The van der Waals surface area contributed by atoms with Crippen LogP contribution in [0.15, 0.2) is 30.3 Å². The molecule has 1 aliphatic heterocycles. The largest absolute Gasteiger partial charge is 0.464 e. The van der Waals surface area contributed by atoms with E-state index >= 15 is 0 Å². The maximum Gasteiger partial charge on any atom is 0.464 e. The standard InChI is InChI=1S/C22H31BO2/c1-18(2)19(3,4)25-23(24-18)21-14-20(15-21,16-21)22(12-8-9-13-22)17-10-6-5-7-11-17/h5-7,10-11H,8-9,12-16H2,1-4H3. The first-order chi connectivity index (χ1) is 11.7. The summed E-state index contributed by atoms with van der Waals surface area (Å²) in [6, 6.07) is 11.4. The molecule has 0 aromatic heterocycles. The summed E-state index contributed by atoms with van der Waals surface area (Å²) >= 11 is 0. The van der Waals surface area contributed by atoms with Gasteiger partial charge in [0.1, 0.15) is 0 Å². The molecule has 3 heteroatoms. The van der Waals surface area contributed by atoms with Crippen LogP contribution in [0.25, 0.3) is 0 Å². The van der Waals surface area contributed by atoms with Crippen molar-refractivity contribution in [2.75, 3.05) is 0 Å². The zero-order valence-electron chi connectivity index (χ0n) is 16.2. The Kier molecular flexibility index (Phi) is 3.10. The van der Waals surface area contributed by atoms with Crippen molar-refractivity contribution in [2.45, 2.75) is 94.6 Å². The lowest BCUT2D eigenvalue weighted by Crippen LogP contribution is -2.70. The molecule has 1 aromatic rings. The van der Waals surface area contributed by atoms with Crippen molar-refractivity contribution in [1.82, 2.24) is 0 Å². The second-order valence-corrected chi connectivity index (χ2v) is 10.4. The Hall–Kier alpha value is -0.795. The quantitative estimate of drug-likeness (QED) is 0.676. The second kappa shape index (κ2) is 4.73. The van der Waals surface area contributed by atoms with E-state index in [1.807, 2.05) is 0 Å². The first-order valence-electron chi connectivity index (χ1n) is 10.2. The Morgan fingerprint density at radius 1 is 0.800 bits per heavy atom. The summed E-state index contributed by atoms with van der Waals surface area (Å²) in [6.07, 6.45) is 9.41. The molecule has 4 saturated carbocycles. The van der Waals surface area contributed by atoms with Gasteiger partial charge in [0, 0.05) is 10.7 Å². The summed E-state index contributed by atoms with van der Waals surface area (Å²) in [5.41, 5.74) is 2.11. The molecule has 25 heavy (non-hydrogen) atoms. The first-order valence-corrected chi connectivity index (χ1v) is 10.2. The first kappa shape index (κ1) is 16.4. The summed E-state index contributed by atoms with van der Waals surface area (Å²) in [4.78, 5) is 0. The highest BCUT2D eigenvalue weighted by atomic mass is 16.7. The Morgan fingerprint density at radius 2 is 1.32 bits per heavy atom. The summed E-state index contributed by atoms with van der Waals surface area (Å²) < 4.78 is 12.9. The summed E-state index contributed by atoms with van der Waals surface area (Å²) in [5, 5.41) is 0.287. The lowest BCUT2D eigenvalue weighted by Gasteiger charge is -2.77. The summed E-state index contributed by atoms with van der Waals surface area (Å²) in [5.74, 6) is 0. The van der Waals surface area contributed by atoms with Crippen molar-refractivity contribution in [3.8, 4) is 0 Å².